The Morgan fingerprint density at radius 1 is 0.464 bits per heavy atom. The summed E-state index contributed by atoms with van der Waals surface area (Å²) in [7, 11) is 0. The van der Waals surface area contributed by atoms with Gasteiger partial charge >= 0.3 is 0 Å². The first-order valence-electron chi connectivity index (χ1n) is 9.00. The van der Waals surface area contributed by atoms with Gasteiger partial charge in [0.2, 0.25) is 0 Å². The number of rotatable bonds is 4. The fraction of sp³-hybridized carbons (Fsp3) is 0.217. The Bertz CT molecular complexity index is 973. The molecule has 28 heavy (non-hydrogen) atoms. The zero-order valence-corrected chi connectivity index (χ0v) is 16.1. The maximum atomic E-state index is 10.8. The fourth-order valence-corrected chi connectivity index (χ4v) is 3.55. The van der Waals surface area contributed by atoms with Crippen molar-refractivity contribution >= 4 is 0 Å². The molecule has 5 nitrogen and oxygen atoms in total. The Morgan fingerprint density at radius 3 is 1.11 bits per heavy atom. The Morgan fingerprint density at radius 2 is 0.750 bits per heavy atom. The lowest BCUT2D eigenvalue weighted by molar-refractivity contribution is 0.399. The third-order valence-electron chi connectivity index (χ3n) is 4.80. The number of phenolic OH excluding ortho intramolecular Hbond substituents is 5. The van der Waals surface area contributed by atoms with Crippen molar-refractivity contribution in [2.75, 3.05) is 0 Å². The summed E-state index contributed by atoms with van der Waals surface area (Å²) in [5, 5.41) is 50.8. The van der Waals surface area contributed by atoms with Crippen LogP contribution in [0.3, 0.4) is 0 Å². The van der Waals surface area contributed by atoms with Crippen LogP contribution in [0.2, 0.25) is 0 Å². The van der Waals surface area contributed by atoms with Gasteiger partial charge in [0, 0.05) is 24.0 Å². The molecule has 0 saturated heterocycles. The van der Waals surface area contributed by atoms with Crippen molar-refractivity contribution in [1.82, 2.24) is 0 Å². The van der Waals surface area contributed by atoms with Gasteiger partial charge in [-0.15, -0.1) is 0 Å². The van der Waals surface area contributed by atoms with Crippen LogP contribution in [0.5, 0.6) is 28.7 Å². The molecule has 5 heteroatoms. The fourth-order valence-electron chi connectivity index (χ4n) is 3.55. The molecular formula is C23H24O5. The van der Waals surface area contributed by atoms with Gasteiger partial charge in [0.05, 0.1) is 0 Å². The zero-order chi connectivity index (χ0) is 20.6. The number of benzene rings is 3. The molecule has 0 radical (unpaired) electrons. The SMILES string of the molecule is Cc1cc(O)c(O)c(Cc2cc(C)cc(Cc3cc(C)cc(O)c3O)c2O)c1. The van der Waals surface area contributed by atoms with Gasteiger partial charge in [-0.3, -0.25) is 0 Å². The minimum absolute atomic E-state index is 0.0615. The Hall–Kier alpha value is -3.34. The Labute approximate surface area is 163 Å². The Kier molecular flexibility index (Phi) is 5.10. The van der Waals surface area contributed by atoms with Crippen LogP contribution < -0.4 is 0 Å². The smallest absolute Gasteiger partial charge is 0.161 e. The predicted molar refractivity (Wildman–Crippen MR) is 107 cm³/mol. The number of aromatic hydroxyl groups is 5. The first-order valence-corrected chi connectivity index (χ1v) is 9.00. The van der Waals surface area contributed by atoms with Crippen LogP contribution in [0.15, 0.2) is 36.4 Å². The van der Waals surface area contributed by atoms with Crippen LogP contribution in [0.4, 0.5) is 0 Å². The van der Waals surface area contributed by atoms with E-state index in [2.05, 4.69) is 0 Å². The standard InChI is InChI=1S/C23H24O5/c1-12-4-15(10-17-6-13(2)8-19(24)22(17)27)21(26)16(5-12)11-18-7-14(3)9-20(25)23(18)28/h4-9,24-28H,10-11H2,1-3H3. The van der Waals surface area contributed by atoms with E-state index in [0.717, 1.165) is 16.7 Å². The van der Waals surface area contributed by atoms with E-state index in [1.165, 1.54) is 12.1 Å². The van der Waals surface area contributed by atoms with Gasteiger partial charge in [0.1, 0.15) is 5.75 Å². The second-order valence-electron chi connectivity index (χ2n) is 7.37. The Balaban J connectivity index is 2.02. The van der Waals surface area contributed by atoms with Crippen LogP contribution in [-0.4, -0.2) is 25.5 Å². The summed E-state index contributed by atoms with van der Waals surface area (Å²) in [6, 6.07) is 10.1. The summed E-state index contributed by atoms with van der Waals surface area (Å²) in [6.07, 6.45) is 0.485. The van der Waals surface area contributed by atoms with Crippen LogP contribution in [0.1, 0.15) is 38.9 Å². The second kappa shape index (κ2) is 7.35. The molecule has 0 bridgehead atoms. The summed E-state index contributed by atoms with van der Waals surface area (Å²) < 4.78 is 0. The van der Waals surface area contributed by atoms with Gasteiger partial charge in [0.25, 0.3) is 0 Å². The summed E-state index contributed by atoms with van der Waals surface area (Å²) in [5.41, 5.74) is 4.75. The van der Waals surface area contributed by atoms with Crippen molar-refractivity contribution < 1.29 is 25.5 Å². The quantitative estimate of drug-likeness (QED) is 0.434. The summed E-state index contributed by atoms with van der Waals surface area (Å²) >= 11 is 0. The van der Waals surface area contributed by atoms with Crippen molar-refractivity contribution in [3.8, 4) is 28.7 Å². The molecule has 0 aromatic heterocycles. The molecule has 0 unspecified atom stereocenters. The van der Waals surface area contributed by atoms with Gasteiger partial charge < -0.3 is 25.5 Å². The van der Waals surface area contributed by atoms with Crippen LogP contribution in [0, 0.1) is 20.8 Å². The van der Waals surface area contributed by atoms with E-state index in [9.17, 15) is 25.5 Å². The monoisotopic (exact) mass is 380 g/mol. The average Bonchev–Trinajstić information content (AvgIpc) is 2.60. The maximum Gasteiger partial charge on any atom is 0.161 e. The van der Waals surface area contributed by atoms with Crippen molar-refractivity contribution in [2.24, 2.45) is 0 Å². The van der Waals surface area contributed by atoms with Gasteiger partial charge in [0.15, 0.2) is 23.0 Å². The summed E-state index contributed by atoms with van der Waals surface area (Å²) in [5.74, 6) is -0.722. The van der Waals surface area contributed by atoms with Gasteiger partial charge in [-0.2, -0.15) is 0 Å². The molecule has 0 spiro atoms. The number of aryl methyl sites for hydroxylation is 3. The molecule has 0 heterocycles. The molecule has 0 aliphatic carbocycles. The van der Waals surface area contributed by atoms with E-state index in [4.69, 9.17) is 0 Å². The lowest BCUT2D eigenvalue weighted by Crippen LogP contribution is -1.98. The van der Waals surface area contributed by atoms with Crippen molar-refractivity contribution in [3.05, 3.63) is 75.3 Å². The third kappa shape index (κ3) is 3.83. The lowest BCUT2D eigenvalue weighted by atomic mass is 9.93. The first-order chi connectivity index (χ1) is 13.2. The van der Waals surface area contributed by atoms with Crippen molar-refractivity contribution in [3.63, 3.8) is 0 Å². The highest BCUT2D eigenvalue weighted by Gasteiger charge is 2.16. The summed E-state index contributed by atoms with van der Waals surface area (Å²) in [6.45, 7) is 5.53. The van der Waals surface area contributed by atoms with Crippen molar-refractivity contribution in [2.45, 2.75) is 33.6 Å². The second-order valence-corrected chi connectivity index (χ2v) is 7.37. The molecule has 5 N–H and O–H groups in total. The molecular weight excluding hydrogens is 356 g/mol. The lowest BCUT2D eigenvalue weighted by Gasteiger charge is -2.15. The molecule has 0 atom stereocenters. The molecule has 3 aromatic rings. The van der Waals surface area contributed by atoms with Crippen molar-refractivity contribution in [1.29, 1.82) is 0 Å². The topological polar surface area (TPSA) is 101 Å². The molecule has 0 amide bonds. The molecule has 0 fully saturated rings. The normalized spacial score (nSPS) is 11.0. The highest BCUT2D eigenvalue weighted by molar-refractivity contribution is 5.55. The highest BCUT2D eigenvalue weighted by atomic mass is 16.3. The highest BCUT2D eigenvalue weighted by Crippen LogP contribution is 2.37. The number of hydrogen-bond acceptors (Lipinski definition) is 5. The largest absolute Gasteiger partial charge is 0.507 e. The van der Waals surface area contributed by atoms with Gasteiger partial charge in [-0.05, 0) is 55.2 Å². The minimum Gasteiger partial charge on any atom is -0.507 e. The van der Waals surface area contributed by atoms with Gasteiger partial charge in [-0.25, -0.2) is 0 Å². The molecule has 0 aliphatic rings. The molecule has 0 saturated carbocycles. The van der Waals surface area contributed by atoms with Crippen LogP contribution in [0.25, 0.3) is 0 Å². The third-order valence-corrected chi connectivity index (χ3v) is 4.80. The summed E-state index contributed by atoms with van der Waals surface area (Å²) in [4.78, 5) is 0. The van der Waals surface area contributed by atoms with Gasteiger partial charge in [-0.1, -0.05) is 29.8 Å². The van der Waals surface area contributed by atoms with Crippen LogP contribution >= 0.6 is 0 Å². The van der Waals surface area contributed by atoms with E-state index in [0.29, 0.717) is 22.3 Å². The maximum absolute atomic E-state index is 10.8. The van der Waals surface area contributed by atoms with E-state index >= 15 is 0 Å². The average molecular weight is 380 g/mol. The zero-order valence-electron chi connectivity index (χ0n) is 16.1. The predicted octanol–water partition coefficient (Wildman–Crippen LogP) is 4.32. The molecule has 3 aromatic carbocycles. The molecule has 3 rings (SSSR count). The van der Waals surface area contributed by atoms with E-state index in [-0.39, 0.29) is 41.6 Å². The number of phenols is 5. The van der Waals surface area contributed by atoms with E-state index < -0.39 is 0 Å². The van der Waals surface area contributed by atoms with Crippen LogP contribution in [-0.2, 0) is 12.8 Å². The van der Waals surface area contributed by atoms with E-state index in [1.54, 1.807) is 12.1 Å². The van der Waals surface area contributed by atoms with E-state index in [1.807, 2.05) is 32.9 Å². The number of hydrogen-bond donors (Lipinski definition) is 5. The minimum atomic E-state index is -0.200. The molecule has 0 aliphatic heterocycles. The first kappa shape index (κ1) is 19.4. The molecule has 146 valence electrons.